The van der Waals surface area contributed by atoms with Crippen LogP contribution in [0.15, 0.2) is 0 Å². The normalized spacial score (nSPS) is 11.8. The average Bonchev–Trinajstić information content (AvgIpc) is 1.84. The lowest BCUT2D eigenvalue weighted by molar-refractivity contribution is -0.186. The molecule has 0 aromatic carbocycles. The molecule has 0 spiro atoms. The Balaban J connectivity index is 3.59. The maximum Gasteiger partial charge on any atom is 0.473 e. The van der Waals surface area contributed by atoms with E-state index in [1.807, 2.05) is 0 Å². The number of carbonyl (C=O) groups excluding carboxylic acids is 1. The lowest BCUT2D eigenvalue weighted by Gasteiger charge is -2.08. The van der Waals surface area contributed by atoms with Crippen LogP contribution in [0.1, 0.15) is 13.8 Å². The van der Waals surface area contributed by atoms with Crippen LogP contribution in [0, 0.1) is 5.92 Å². The van der Waals surface area contributed by atoms with E-state index in [1.165, 1.54) is 5.48 Å². The summed E-state index contributed by atoms with van der Waals surface area (Å²) in [7, 11) is 0. The first kappa shape index (κ1) is 11.2. The van der Waals surface area contributed by atoms with Gasteiger partial charge >= 0.3 is 12.1 Å². The van der Waals surface area contributed by atoms with Crippen molar-refractivity contribution in [3.63, 3.8) is 0 Å². The molecule has 0 aromatic heterocycles. The van der Waals surface area contributed by atoms with Crippen LogP contribution in [-0.2, 0) is 9.63 Å². The number of hydrogen-bond acceptors (Lipinski definition) is 2. The van der Waals surface area contributed by atoms with Crippen molar-refractivity contribution in [1.29, 1.82) is 0 Å². The summed E-state index contributed by atoms with van der Waals surface area (Å²) < 4.78 is 34.4. The van der Waals surface area contributed by atoms with E-state index in [2.05, 4.69) is 4.84 Å². The zero-order valence-corrected chi connectivity index (χ0v) is 6.73. The number of hydroxylamine groups is 1. The Morgan fingerprint density at radius 3 is 2.33 bits per heavy atom. The van der Waals surface area contributed by atoms with Gasteiger partial charge in [-0.2, -0.15) is 13.2 Å². The van der Waals surface area contributed by atoms with E-state index in [1.54, 1.807) is 13.8 Å². The highest BCUT2D eigenvalue weighted by Crippen LogP contribution is 2.13. The smallest absolute Gasteiger partial charge is 0.273 e. The molecule has 0 aromatic rings. The Bertz CT molecular complexity index is 155. The highest BCUT2D eigenvalue weighted by molar-refractivity contribution is 5.80. The number of carbonyl (C=O) groups is 1. The van der Waals surface area contributed by atoms with Gasteiger partial charge in [0.2, 0.25) is 0 Å². The molecule has 0 saturated heterocycles. The fourth-order valence-corrected chi connectivity index (χ4v) is 0.332. The van der Waals surface area contributed by atoms with Crippen LogP contribution in [0.4, 0.5) is 13.2 Å². The third-order valence-corrected chi connectivity index (χ3v) is 0.839. The molecule has 0 aliphatic carbocycles. The molecule has 0 aliphatic rings. The second-order valence-corrected chi connectivity index (χ2v) is 2.63. The van der Waals surface area contributed by atoms with Crippen LogP contribution in [0.5, 0.6) is 0 Å². The number of amides is 1. The fraction of sp³-hybridized carbons (Fsp3) is 0.833. The van der Waals surface area contributed by atoms with E-state index in [4.69, 9.17) is 0 Å². The van der Waals surface area contributed by atoms with Crippen LogP contribution in [0.2, 0.25) is 0 Å². The highest BCUT2D eigenvalue weighted by atomic mass is 19.4. The van der Waals surface area contributed by atoms with Gasteiger partial charge in [0.05, 0.1) is 6.61 Å². The van der Waals surface area contributed by atoms with Gasteiger partial charge in [0.15, 0.2) is 0 Å². The first-order valence-electron chi connectivity index (χ1n) is 3.33. The maximum atomic E-state index is 11.5. The van der Waals surface area contributed by atoms with Crippen LogP contribution < -0.4 is 5.48 Å². The van der Waals surface area contributed by atoms with Crippen LogP contribution in [0.3, 0.4) is 0 Å². The third-order valence-electron chi connectivity index (χ3n) is 0.839. The SMILES string of the molecule is CC(C)CONC(=O)C(F)(F)F. The number of nitrogens with one attached hydrogen (secondary N) is 1. The molecular weight excluding hydrogens is 175 g/mol. The van der Waals surface area contributed by atoms with Gasteiger partial charge in [0, 0.05) is 0 Å². The summed E-state index contributed by atoms with van der Waals surface area (Å²) in [6.45, 7) is 3.56. The van der Waals surface area contributed by atoms with Crippen molar-refractivity contribution in [2.45, 2.75) is 20.0 Å². The van der Waals surface area contributed by atoms with E-state index in [9.17, 15) is 18.0 Å². The number of hydrogen-bond donors (Lipinski definition) is 1. The Morgan fingerprint density at radius 2 is 2.00 bits per heavy atom. The standard InChI is InChI=1S/C6H10F3NO2/c1-4(2)3-12-10-5(11)6(7,8)9/h4H,3H2,1-2H3,(H,10,11). The predicted octanol–water partition coefficient (Wildman–Crippen LogP) is 1.25. The van der Waals surface area contributed by atoms with Crippen molar-refractivity contribution >= 4 is 5.91 Å². The Hall–Kier alpha value is -0.780. The number of rotatable bonds is 3. The van der Waals surface area contributed by atoms with E-state index in [0.717, 1.165) is 0 Å². The molecule has 0 fully saturated rings. The Labute approximate surface area is 67.8 Å². The monoisotopic (exact) mass is 185 g/mol. The molecule has 0 rings (SSSR count). The summed E-state index contributed by atoms with van der Waals surface area (Å²) in [5.41, 5.74) is 1.29. The summed E-state index contributed by atoms with van der Waals surface area (Å²) in [5, 5.41) is 0. The molecule has 12 heavy (non-hydrogen) atoms. The fourth-order valence-electron chi connectivity index (χ4n) is 0.332. The minimum absolute atomic E-state index is 0.0574. The Morgan fingerprint density at radius 1 is 1.50 bits per heavy atom. The quantitative estimate of drug-likeness (QED) is 0.672. The lowest BCUT2D eigenvalue weighted by atomic mass is 10.2. The van der Waals surface area contributed by atoms with Crippen LogP contribution in [0.25, 0.3) is 0 Å². The molecule has 1 N–H and O–H groups in total. The first-order valence-corrected chi connectivity index (χ1v) is 3.33. The van der Waals surface area contributed by atoms with E-state index < -0.39 is 12.1 Å². The molecule has 0 saturated carbocycles. The van der Waals surface area contributed by atoms with Gasteiger partial charge < -0.3 is 0 Å². The van der Waals surface area contributed by atoms with Crippen molar-refractivity contribution in [2.24, 2.45) is 5.92 Å². The summed E-state index contributed by atoms with van der Waals surface area (Å²) in [4.78, 5) is 14.3. The molecule has 0 atom stereocenters. The molecule has 6 heteroatoms. The predicted molar refractivity (Wildman–Crippen MR) is 35.0 cm³/mol. The Kier molecular flexibility index (Phi) is 4.02. The number of alkyl halides is 3. The van der Waals surface area contributed by atoms with E-state index >= 15 is 0 Å². The number of halogens is 3. The van der Waals surface area contributed by atoms with E-state index in [-0.39, 0.29) is 12.5 Å². The van der Waals surface area contributed by atoms with Crippen molar-refractivity contribution in [3.8, 4) is 0 Å². The molecule has 0 aliphatic heterocycles. The van der Waals surface area contributed by atoms with Crippen molar-refractivity contribution in [1.82, 2.24) is 5.48 Å². The summed E-state index contributed by atoms with van der Waals surface area (Å²) in [6, 6.07) is 0. The summed E-state index contributed by atoms with van der Waals surface area (Å²) in [5.74, 6) is -2.01. The maximum absolute atomic E-state index is 11.5. The van der Waals surface area contributed by atoms with Gasteiger partial charge in [-0.1, -0.05) is 13.8 Å². The van der Waals surface area contributed by atoms with Crippen LogP contribution in [-0.4, -0.2) is 18.7 Å². The lowest BCUT2D eigenvalue weighted by Crippen LogP contribution is -2.37. The molecule has 72 valence electrons. The molecule has 3 nitrogen and oxygen atoms in total. The summed E-state index contributed by atoms with van der Waals surface area (Å²) >= 11 is 0. The zero-order valence-electron chi connectivity index (χ0n) is 6.73. The van der Waals surface area contributed by atoms with Gasteiger partial charge in [-0.05, 0) is 5.92 Å². The van der Waals surface area contributed by atoms with Gasteiger partial charge in [0.25, 0.3) is 0 Å². The van der Waals surface area contributed by atoms with Gasteiger partial charge in [-0.15, -0.1) is 0 Å². The van der Waals surface area contributed by atoms with Gasteiger partial charge in [-0.25, -0.2) is 5.48 Å². The third kappa shape index (κ3) is 4.95. The molecule has 1 amide bonds. The molecular formula is C6H10F3NO2. The zero-order chi connectivity index (χ0) is 9.78. The largest absolute Gasteiger partial charge is 0.473 e. The second kappa shape index (κ2) is 4.30. The van der Waals surface area contributed by atoms with Crippen molar-refractivity contribution in [2.75, 3.05) is 6.61 Å². The minimum atomic E-state index is -4.88. The topological polar surface area (TPSA) is 38.3 Å². The average molecular weight is 185 g/mol. The molecule has 0 bridgehead atoms. The van der Waals surface area contributed by atoms with Gasteiger partial charge in [0.1, 0.15) is 0 Å². The molecule has 0 heterocycles. The molecule has 0 radical (unpaired) electrons. The van der Waals surface area contributed by atoms with Crippen molar-refractivity contribution in [3.05, 3.63) is 0 Å². The van der Waals surface area contributed by atoms with E-state index in [0.29, 0.717) is 0 Å². The highest BCUT2D eigenvalue weighted by Gasteiger charge is 2.38. The first-order chi connectivity index (χ1) is 5.34. The van der Waals surface area contributed by atoms with Crippen molar-refractivity contribution < 1.29 is 22.8 Å². The second-order valence-electron chi connectivity index (χ2n) is 2.63. The summed E-state index contributed by atoms with van der Waals surface area (Å²) in [6.07, 6.45) is -4.88. The molecule has 0 unspecified atom stereocenters. The van der Waals surface area contributed by atoms with Crippen LogP contribution >= 0.6 is 0 Å². The van der Waals surface area contributed by atoms with Gasteiger partial charge in [-0.3, -0.25) is 9.63 Å². The minimum Gasteiger partial charge on any atom is -0.273 e.